The second kappa shape index (κ2) is 6.74. The van der Waals surface area contributed by atoms with Crippen molar-refractivity contribution in [2.45, 2.75) is 18.9 Å². The first-order valence-electron chi connectivity index (χ1n) is 8.60. The Morgan fingerprint density at radius 2 is 2.23 bits per heavy atom. The molecule has 7 heteroatoms. The Morgan fingerprint density at radius 3 is 2.96 bits per heavy atom. The molecular formula is C19H20N2O4S. The normalized spacial score (nSPS) is 17.1. The lowest BCUT2D eigenvalue weighted by Crippen LogP contribution is -2.31. The lowest BCUT2D eigenvalue weighted by atomic mass is 10.1. The summed E-state index contributed by atoms with van der Waals surface area (Å²) in [6.07, 6.45) is 2.04. The Kier molecular flexibility index (Phi) is 4.42. The molecule has 1 saturated heterocycles. The first-order valence-corrected chi connectivity index (χ1v) is 9.41. The second-order valence-electron chi connectivity index (χ2n) is 6.39. The number of hydrogen-bond acceptors (Lipinski definition) is 5. The Bertz CT molecular complexity index is 1050. The molecule has 1 amide bonds. The molecule has 1 aliphatic heterocycles. The third-order valence-corrected chi connectivity index (χ3v) is 6.02. The number of nitrogens with zero attached hydrogens (tertiary/aromatic N) is 1. The maximum Gasteiger partial charge on any atom is 0.265 e. The number of para-hydroxylation sites is 1. The van der Waals surface area contributed by atoms with Crippen molar-refractivity contribution in [3.8, 4) is 5.75 Å². The van der Waals surface area contributed by atoms with Crippen LogP contribution < -0.4 is 15.6 Å². The standard InChI is InChI=1S/C19H20N2O4S/c1-21-13-8-4-3-7-12(13)16-14(19(21)23)15(24-2)17(26-16)18(22)20-10-11-6-5-9-25-11/h3-4,7-8,11H,5-6,9-10H2,1-2H3,(H,20,22). The van der Waals surface area contributed by atoms with Gasteiger partial charge in [-0.15, -0.1) is 11.3 Å². The summed E-state index contributed by atoms with van der Waals surface area (Å²) < 4.78 is 13.4. The number of carbonyl (C=O) groups is 1. The van der Waals surface area contributed by atoms with Gasteiger partial charge in [-0.25, -0.2) is 0 Å². The van der Waals surface area contributed by atoms with Crippen molar-refractivity contribution >= 4 is 38.2 Å². The lowest BCUT2D eigenvalue weighted by molar-refractivity contribution is 0.0859. The predicted molar refractivity (Wildman–Crippen MR) is 102 cm³/mol. The highest BCUT2D eigenvalue weighted by atomic mass is 32.1. The summed E-state index contributed by atoms with van der Waals surface area (Å²) in [6.45, 7) is 1.21. The third-order valence-electron chi connectivity index (χ3n) is 4.82. The molecule has 3 aromatic rings. The lowest BCUT2D eigenvalue weighted by Gasteiger charge is -2.10. The molecular weight excluding hydrogens is 352 g/mol. The SMILES string of the molecule is COc1c(C(=O)NCC2CCCO2)sc2c1c(=O)n(C)c1ccccc21. The number of hydrogen-bond donors (Lipinski definition) is 1. The molecule has 1 aliphatic rings. The van der Waals surface area contributed by atoms with Crippen LogP contribution in [-0.4, -0.2) is 36.8 Å². The minimum absolute atomic E-state index is 0.0630. The summed E-state index contributed by atoms with van der Waals surface area (Å²) in [4.78, 5) is 26.0. The topological polar surface area (TPSA) is 69.6 Å². The number of thiophene rings is 1. The largest absolute Gasteiger partial charge is 0.494 e. The number of nitrogens with one attached hydrogen (secondary N) is 1. The van der Waals surface area contributed by atoms with Crippen LogP contribution in [0.25, 0.3) is 21.0 Å². The van der Waals surface area contributed by atoms with E-state index in [-0.39, 0.29) is 17.6 Å². The Balaban J connectivity index is 1.82. The van der Waals surface area contributed by atoms with Crippen molar-refractivity contribution in [1.82, 2.24) is 9.88 Å². The van der Waals surface area contributed by atoms with Gasteiger partial charge in [0.1, 0.15) is 10.3 Å². The van der Waals surface area contributed by atoms with E-state index in [4.69, 9.17) is 9.47 Å². The number of rotatable bonds is 4. The number of pyridine rings is 1. The van der Waals surface area contributed by atoms with Gasteiger partial charge in [-0.05, 0) is 18.9 Å². The van der Waals surface area contributed by atoms with Gasteiger partial charge in [-0.1, -0.05) is 18.2 Å². The highest BCUT2D eigenvalue weighted by Gasteiger charge is 2.25. The van der Waals surface area contributed by atoms with Crippen LogP contribution in [0.1, 0.15) is 22.5 Å². The summed E-state index contributed by atoms with van der Waals surface area (Å²) in [5.74, 6) is 0.117. The number of ether oxygens (including phenoxy) is 2. The van der Waals surface area contributed by atoms with E-state index in [9.17, 15) is 9.59 Å². The number of aryl methyl sites for hydroxylation is 1. The second-order valence-corrected chi connectivity index (χ2v) is 7.42. The molecule has 1 atom stereocenters. The maximum atomic E-state index is 12.9. The van der Waals surface area contributed by atoms with Gasteiger partial charge in [0.25, 0.3) is 11.5 Å². The fourth-order valence-corrected chi connectivity index (χ4v) is 4.68. The number of aromatic nitrogens is 1. The molecule has 3 heterocycles. The van der Waals surface area contributed by atoms with Gasteiger partial charge in [0.2, 0.25) is 0 Å². The van der Waals surface area contributed by atoms with Crippen molar-refractivity contribution in [3.05, 3.63) is 39.5 Å². The molecule has 2 aromatic heterocycles. The minimum atomic E-state index is -0.232. The van der Waals surface area contributed by atoms with Crippen LogP contribution in [0.3, 0.4) is 0 Å². The van der Waals surface area contributed by atoms with Crippen LogP contribution >= 0.6 is 11.3 Å². The molecule has 1 aromatic carbocycles. The molecule has 26 heavy (non-hydrogen) atoms. The molecule has 4 rings (SSSR count). The van der Waals surface area contributed by atoms with E-state index in [1.54, 1.807) is 11.6 Å². The summed E-state index contributed by atoms with van der Waals surface area (Å²) >= 11 is 1.30. The Hall–Kier alpha value is -2.38. The number of amides is 1. The van der Waals surface area contributed by atoms with Gasteiger partial charge in [-0.2, -0.15) is 0 Å². The molecule has 136 valence electrons. The van der Waals surface area contributed by atoms with Gasteiger partial charge in [0.15, 0.2) is 5.75 Å². The van der Waals surface area contributed by atoms with Crippen molar-refractivity contribution in [2.75, 3.05) is 20.3 Å². The zero-order valence-corrected chi connectivity index (χ0v) is 15.5. The average molecular weight is 372 g/mol. The van der Waals surface area contributed by atoms with E-state index < -0.39 is 0 Å². The number of methoxy groups -OCH3 is 1. The first-order chi connectivity index (χ1) is 12.6. The van der Waals surface area contributed by atoms with Crippen molar-refractivity contribution in [3.63, 3.8) is 0 Å². The van der Waals surface area contributed by atoms with E-state index >= 15 is 0 Å². The predicted octanol–water partition coefficient (Wildman–Crippen LogP) is 2.67. The van der Waals surface area contributed by atoms with Crippen LogP contribution in [-0.2, 0) is 11.8 Å². The first kappa shape index (κ1) is 17.1. The van der Waals surface area contributed by atoms with E-state index in [0.717, 1.165) is 35.1 Å². The van der Waals surface area contributed by atoms with Gasteiger partial charge in [0.05, 0.1) is 23.4 Å². The quantitative estimate of drug-likeness (QED) is 0.764. The molecule has 0 aliphatic carbocycles. The molecule has 0 bridgehead atoms. The van der Waals surface area contributed by atoms with Gasteiger partial charge in [0, 0.05) is 25.6 Å². The smallest absolute Gasteiger partial charge is 0.265 e. The van der Waals surface area contributed by atoms with Crippen LogP contribution in [0.2, 0.25) is 0 Å². The highest BCUT2D eigenvalue weighted by Crippen LogP contribution is 2.39. The number of fused-ring (bicyclic) bond motifs is 3. The van der Waals surface area contributed by atoms with E-state index in [2.05, 4.69) is 5.32 Å². The van der Waals surface area contributed by atoms with E-state index in [0.29, 0.717) is 22.6 Å². The molecule has 1 fully saturated rings. The van der Waals surface area contributed by atoms with Crippen molar-refractivity contribution in [2.24, 2.45) is 7.05 Å². The zero-order chi connectivity index (χ0) is 18.3. The summed E-state index contributed by atoms with van der Waals surface area (Å²) in [6, 6.07) is 7.68. The van der Waals surface area contributed by atoms with Crippen LogP contribution in [0, 0.1) is 0 Å². The number of benzene rings is 1. The average Bonchev–Trinajstić information content (AvgIpc) is 3.31. The fraction of sp³-hybridized carbons (Fsp3) is 0.368. The highest BCUT2D eigenvalue weighted by molar-refractivity contribution is 7.22. The Morgan fingerprint density at radius 1 is 1.42 bits per heavy atom. The number of carbonyl (C=O) groups excluding carboxylic acids is 1. The van der Waals surface area contributed by atoms with Crippen molar-refractivity contribution in [1.29, 1.82) is 0 Å². The molecule has 1 unspecified atom stereocenters. The van der Waals surface area contributed by atoms with Crippen molar-refractivity contribution < 1.29 is 14.3 Å². The van der Waals surface area contributed by atoms with Crippen LogP contribution in [0.5, 0.6) is 5.75 Å². The molecule has 0 radical (unpaired) electrons. The van der Waals surface area contributed by atoms with E-state index in [1.165, 1.54) is 18.4 Å². The summed E-state index contributed by atoms with van der Waals surface area (Å²) in [7, 11) is 3.23. The minimum Gasteiger partial charge on any atom is -0.494 e. The maximum absolute atomic E-state index is 12.9. The van der Waals surface area contributed by atoms with Gasteiger partial charge in [-0.3, -0.25) is 9.59 Å². The van der Waals surface area contributed by atoms with Gasteiger partial charge < -0.3 is 19.4 Å². The molecule has 6 nitrogen and oxygen atoms in total. The monoisotopic (exact) mass is 372 g/mol. The van der Waals surface area contributed by atoms with Crippen LogP contribution in [0.15, 0.2) is 29.1 Å². The van der Waals surface area contributed by atoms with Gasteiger partial charge >= 0.3 is 0 Å². The molecule has 0 saturated carbocycles. The van der Waals surface area contributed by atoms with E-state index in [1.807, 2.05) is 24.3 Å². The summed E-state index contributed by atoms with van der Waals surface area (Å²) in [5, 5.41) is 4.31. The molecule has 1 N–H and O–H groups in total. The van der Waals surface area contributed by atoms with Crippen LogP contribution in [0.4, 0.5) is 0 Å². The third kappa shape index (κ3) is 2.68. The zero-order valence-electron chi connectivity index (χ0n) is 14.7. The fourth-order valence-electron chi connectivity index (χ4n) is 3.47. The molecule has 0 spiro atoms. The Labute approximate surface area is 154 Å². The summed E-state index contributed by atoms with van der Waals surface area (Å²) in [5.41, 5.74) is 0.671.